The van der Waals surface area contributed by atoms with E-state index in [1.807, 2.05) is 64.1 Å². The predicted octanol–water partition coefficient (Wildman–Crippen LogP) is 5.09. The summed E-state index contributed by atoms with van der Waals surface area (Å²) in [6, 6.07) is 13.2. The van der Waals surface area contributed by atoms with Gasteiger partial charge in [-0.2, -0.15) is 0 Å². The standard InChI is InChI=1S/C25H29N3O4/c1-16-11-12-20(21(29)14-16)22-18-9-5-6-10-19(18)23(27-26-22)31-17-8-7-13-28(15-17)24(30)32-25(2,3)4/h5-6,9-12,14,17,29H,7-8,13,15H2,1-4H3/t17-/m1/s1. The molecule has 0 saturated carbocycles. The fraction of sp³-hybridized carbons (Fsp3) is 0.400. The second kappa shape index (κ2) is 8.65. The van der Waals surface area contributed by atoms with Crippen molar-refractivity contribution < 1.29 is 19.4 Å². The van der Waals surface area contributed by atoms with E-state index in [9.17, 15) is 9.90 Å². The van der Waals surface area contributed by atoms with Crippen LogP contribution >= 0.6 is 0 Å². The highest BCUT2D eigenvalue weighted by atomic mass is 16.6. The summed E-state index contributed by atoms with van der Waals surface area (Å²) in [4.78, 5) is 14.2. The maximum atomic E-state index is 12.5. The Morgan fingerprint density at radius 3 is 2.59 bits per heavy atom. The van der Waals surface area contributed by atoms with E-state index in [0.29, 0.717) is 30.2 Å². The summed E-state index contributed by atoms with van der Waals surface area (Å²) in [5.74, 6) is 0.588. The molecule has 1 aromatic heterocycles. The number of aryl methyl sites for hydroxylation is 1. The van der Waals surface area contributed by atoms with Crippen LogP contribution < -0.4 is 4.74 Å². The zero-order valence-corrected chi connectivity index (χ0v) is 19.0. The number of phenolic OH excluding ortho intramolecular Hbond substituents is 1. The van der Waals surface area contributed by atoms with Crippen LogP contribution in [0.5, 0.6) is 11.6 Å². The number of phenols is 1. The Hall–Kier alpha value is -3.35. The molecule has 0 aliphatic carbocycles. The Labute approximate surface area is 188 Å². The van der Waals surface area contributed by atoms with E-state index >= 15 is 0 Å². The lowest BCUT2D eigenvalue weighted by Crippen LogP contribution is -2.46. The first-order valence-corrected chi connectivity index (χ1v) is 10.9. The van der Waals surface area contributed by atoms with Gasteiger partial charge in [-0.15, -0.1) is 10.2 Å². The summed E-state index contributed by atoms with van der Waals surface area (Å²) in [6.45, 7) is 8.58. The van der Waals surface area contributed by atoms with Crippen molar-refractivity contribution in [3.05, 3.63) is 48.0 Å². The van der Waals surface area contributed by atoms with Gasteiger partial charge in [0.15, 0.2) is 0 Å². The largest absolute Gasteiger partial charge is 0.507 e. The molecule has 1 atom stereocenters. The van der Waals surface area contributed by atoms with Gasteiger partial charge in [0, 0.05) is 22.9 Å². The van der Waals surface area contributed by atoms with Crippen LogP contribution in [0.4, 0.5) is 4.79 Å². The van der Waals surface area contributed by atoms with Gasteiger partial charge in [-0.05, 0) is 64.3 Å². The molecule has 0 bridgehead atoms. The number of hydrogen-bond acceptors (Lipinski definition) is 6. The number of aromatic hydroxyl groups is 1. The van der Waals surface area contributed by atoms with Crippen LogP contribution in [0, 0.1) is 6.92 Å². The molecule has 1 aliphatic rings. The van der Waals surface area contributed by atoms with E-state index in [-0.39, 0.29) is 17.9 Å². The SMILES string of the molecule is Cc1ccc(-c2nnc(O[C@@H]3CCCN(C(=O)OC(C)(C)C)C3)c3ccccc23)c(O)c1. The number of hydrogen-bond donors (Lipinski definition) is 1. The minimum Gasteiger partial charge on any atom is -0.507 e. The first kappa shape index (κ1) is 21.9. The molecule has 7 nitrogen and oxygen atoms in total. The lowest BCUT2D eigenvalue weighted by molar-refractivity contribution is 0.00733. The number of benzene rings is 2. The molecule has 0 spiro atoms. The monoisotopic (exact) mass is 435 g/mol. The number of likely N-dealkylation sites (tertiary alicyclic amines) is 1. The van der Waals surface area contributed by atoms with E-state index in [4.69, 9.17) is 9.47 Å². The maximum absolute atomic E-state index is 12.5. The molecule has 1 aliphatic heterocycles. The zero-order valence-electron chi connectivity index (χ0n) is 19.0. The second-order valence-electron chi connectivity index (χ2n) is 9.23. The first-order valence-electron chi connectivity index (χ1n) is 10.9. The van der Waals surface area contributed by atoms with Crippen LogP contribution in [0.2, 0.25) is 0 Å². The molecule has 1 saturated heterocycles. The third kappa shape index (κ3) is 4.77. The highest BCUT2D eigenvalue weighted by Gasteiger charge is 2.29. The molecule has 32 heavy (non-hydrogen) atoms. The Kier molecular flexibility index (Phi) is 5.91. The summed E-state index contributed by atoms with van der Waals surface area (Å²) >= 11 is 0. The normalized spacial score (nSPS) is 16.8. The zero-order chi connectivity index (χ0) is 22.9. The fourth-order valence-electron chi connectivity index (χ4n) is 3.89. The van der Waals surface area contributed by atoms with Crippen LogP contribution in [-0.2, 0) is 4.74 Å². The van der Waals surface area contributed by atoms with Gasteiger partial charge in [0.2, 0.25) is 5.88 Å². The minimum absolute atomic E-state index is 0.165. The maximum Gasteiger partial charge on any atom is 0.410 e. The highest BCUT2D eigenvalue weighted by molar-refractivity contribution is 5.98. The molecule has 1 amide bonds. The molecular formula is C25H29N3O4. The van der Waals surface area contributed by atoms with Gasteiger partial charge in [-0.25, -0.2) is 4.79 Å². The topological polar surface area (TPSA) is 84.8 Å². The number of piperidine rings is 1. The second-order valence-corrected chi connectivity index (χ2v) is 9.23. The number of aromatic nitrogens is 2. The molecule has 2 heterocycles. The van der Waals surface area contributed by atoms with Gasteiger partial charge >= 0.3 is 6.09 Å². The molecule has 7 heteroatoms. The molecular weight excluding hydrogens is 406 g/mol. The van der Waals surface area contributed by atoms with Crippen molar-refractivity contribution in [3.8, 4) is 22.9 Å². The molecule has 168 valence electrons. The molecule has 2 aromatic carbocycles. The first-order chi connectivity index (χ1) is 15.2. The van der Waals surface area contributed by atoms with Crippen LogP contribution in [0.1, 0.15) is 39.2 Å². The number of rotatable bonds is 3. The molecule has 1 N–H and O–H groups in total. The minimum atomic E-state index is -0.538. The van der Waals surface area contributed by atoms with Gasteiger partial charge in [-0.1, -0.05) is 24.3 Å². The van der Waals surface area contributed by atoms with Crippen LogP contribution in [-0.4, -0.2) is 51.1 Å². The van der Waals surface area contributed by atoms with Crippen molar-refractivity contribution in [3.63, 3.8) is 0 Å². The van der Waals surface area contributed by atoms with E-state index < -0.39 is 5.60 Å². The van der Waals surface area contributed by atoms with E-state index in [1.54, 1.807) is 11.0 Å². The van der Waals surface area contributed by atoms with Gasteiger partial charge in [0.05, 0.1) is 6.54 Å². The van der Waals surface area contributed by atoms with Gasteiger partial charge < -0.3 is 19.5 Å². The van der Waals surface area contributed by atoms with Crippen LogP contribution in [0.3, 0.4) is 0 Å². The number of fused-ring (bicyclic) bond motifs is 1. The Bertz CT molecular complexity index is 1140. The molecule has 3 aromatic rings. The molecule has 1 fully saturated rings. The van der Waals surface area contributed by atoms with Crippen molar-refractivity contribution in [1.82, 2.24) is 15.1 Å². The van der Waals surface area contributed by atoms with Crippen molar-refractivity contribution in [1.29, 1.82) is 0 Å². The van der Waals surface area contributed by atoms with Crippen LogP contribution in [0.15, 0.2) is 42.5 Å². The quantitative estimate of drug-likeness (QED) is 0.617. The Morgan fingerprint density at radius 2 is 1.88 bits per heavy atom. The van der Waals surface area contributed by atoms with Crippen molar-refractivity contribution in [2.45, 2.75) is 52.2 Å². The third-order valence-corrected chi connectivity index (χ3v) is 5.37. The average molecular weight is 436 g/mol. The third-order valence-electron chi connectivity index (χ3n) is 5.37. The Balaban J connectivity index is 1.60. The van der Waals surface area contributed by atoms with Gasteiger partial charge in [0.1, 0.15) is 23.1 Å². The van der Waals surface area contributed by atoms with Gasteiger partial charge in [0.25, 0.3) is 0 Å². The number of carbonyl (C=O) groups excluding carboxylic acids is 1. The van der Waals surface area contributed by atoms with Gasteiger partial charge in [-0.3, -0.25) is 0 Å². The molecule has 4 rings (SSSR count). The van der Waals surface area contributed by atoms with Crippen molar-refractivity contribution >= 4 is 16.9 Å². The summed E-state index contributed by atoms with van der Waals surface area (Å²) in [5.41, 5.74) is 1.66. The number of carbonyl (C=O) groups is 1. The average Bonchev–Trinajstić information content (AvgIpc) is 2.74. The van der Waals surface area contributed by atoms with E-state index in [2.05, 4.69) is 10.2 Å². The summed E-state index contributed by atoms with van der Waals surface area (Å²) in [5, 5.41) is 20.9. The lowest BCUT2D eigenvalue weighted by Gasteiger charge is -2.34. The number of ether oxygens (including phenoxy) is 2. The fourth-order valence-corrected chi connectivity index (χ4v) is 3.89. The highest BCUT2D eigenvalue weighted by Crippen LogP contribution is 2.36. The Morgan fingerprint density at radius 1 is 1.12 bits per heavy atom. The van der Waals surface area contributed by atoms with E-state index in [1.165, 1.54) is 0 Å². The summed E-state index contributed by atoms with van der Waals surface area (Å²) < 4.78 is 11.7. The molecule has 0 unspecified atom stereocenters. The lowest BCUT2D eigenvalue weighted by atomic mass is 10.0. The predicted molar refractivity (Wildman–Crippen MR) is 123 cm³/mol. The number of amides is 1. The smallest absolute Gasteiger partial charge is 0.410 e. The van der Waals surface area contributed by atoms with E-state index in [0.717, 1.165) is 29.2 Å². The van der Waals surface area contributed by atoms with Crippen molar-refractivity contribution in [2.24, 2.45) is 0 Å². The summed E-state index contributed by atoms with van der Waals surface area (Å²) in [6.07, 6.45) is 1.11. The summed E-state index contributed by atoms with van der Waals surface area (Å²) in [7, 11) is 0. The molecule has 0 radical (unpaired) electrons. The van der Waals surface area contributed by atoms with Crippen molar-refractivity contribution in [2.75, 3.05) is 13.1 Å². The number of nitrogens with zero attached hydrogens (tertiary/aromatic N) is 3. The van der Waals surface area contributed by atoms with Crippen LogP contribution in [0.25, 0.3) is 22.0 Å².